The highest BCUT2D eigenvalue weighted by Gasteiger charge is 2.30. The van der Waals surface area contributed by atoms with Gasteiger partial charge in [0.15, 0.2) is 10.9 Å². The first-order valence-electron chi connectivity index (χ1n) is 9.66. The van der Waals surface area contributed by atoms with Crippen LogP contribution in [-0.4, -0.2) is 32.2 Å². The minimum atomic E-state index is -0.0441. The van der Waals surface area contributed by atoms with Gasteiger partial charge in [0, 0.05) is 35.0 Å². The normalized spacial score (nSPS) is 13.4. The molecule has 150 valence electrons. The number of Topliss-reactive ketones (excluding diaryl/α,β-unsaturated/α-hetero) is 1. The third-order valence-corrected chi connectivity index (χ3v) is 6.52. The Morgan fingerprint density at radius 3 is 2.66 bits per heavy atom. The van der Waals surface area contributed by atoms with Crippen LogP contribution in [0.3, 0.4) is 0 Å². The molecule has 4 rings (SSSR count). The average molecular weight is 427 g/mol. The molecule has 1 fully saturated rings. The summed E-state index contributed by atoms with van der Waals surface area (Å²) in [6, 6.07) is 11.6. The van der Waals surface area contributed by atoms with Gasteiger partial charge in [-0.2, -0.15) is 0 Å². The first kappa shape index (κ1) is 19.8. The number of amides is 1. The number of rotatable bonds is 9. The maximum absolute atomic E-state index is 12.6. The zero-order chi connectivity index (χ0) is 20.2. The topological polar surface area (TPSA) is 76.9 Å². The molecule has 8 heteroatoms. The molecule has 2 heterocycles. The number of nitrogens with one attached hydrogen (secondary N) is 1. The Kier molecular flexibility index (Phi) is 6.10. The van der Waals surface area contributed by atoms with Crippen molar-refractivity contribution in [2.75, 3.05) is 11.1 Å². The summed E-state index contributed by atoms with van der Waals surface area (Å²) in [5.41, 5.74) is 1.33. The Morgan fingerprint density at radius 2 is 2.00 bits per heavy atom. The molecule has 1 saturated carbocycles. The van der Waals surface area contributed by atoms with Gasteiger partial charge in [0.05, 0.1) is 5.75 Å². The summed E-state index contributed by atoms with van der Waals surface area (Å²) >= 11 is 3.16. The lowest BCUT2D eigenvalue weighted by atomic mass is 10.1. The van der Waals surface area contributed by atoms with Gasteiger partial charge >= 0.3 is 0 Å². The van der Waals surface area contributed by atoms with Crippen LogP contribution in [0.25, 0.3) is 0 Å². The van der Waals surface area contributed by atoms with Gasteiger partial charge < -0.3 is 9.88 Å². The molecule has 1 aliphatic rings. The third-order valence-electron chi connectivity index (χ3n) is 4.70. The lowest BCUT2D eigenvalue weighted by molar-refractivity contribution is -0.115. The van der Waals surface area contributed by atoms with Crippen molar-refractivity contribution in [3.8, 4) is 0 Å². The summed E-state index contributed by atoms with van der Waals surface area (Å²) in [6.45, 7) is 1.80. The van der Waals surface area contributed by atoms with E-state index in [4.69, 9.17) is 0 Å². The Hall–Kier alpha value is -2.45. The number of carbonyl (C=O) groups excluding carboxylic acids is 2. The maximum Gasteiger partial charge on any atom is 0.224 e. The number of benzene rings is 1. The fourth-order valence-corrected chi connectivity index (χ4v) is 4.62. The standard InChI is InChI=1S/C21H22N4O2S2/c1-2-20(27)22-15-7-5-14(6-8-15)18(26)13-29-21-24-23-19(25(21)16-9-10-16)12-17-4-3-11-28-17/h3-8,11,16H,2,9-10,12-13H2,1H3,(H,22,27). The van der Waals surface area contributed by atoms with Crippen LogP contribution in [0.15, 0.2) is 46.9 Å². The first-order chi connectivity index (χ1) is 14.1. The number of ketones is 1. The second kappa shape index (κ2) is 8.92. The molecule has 1 N–H and O–H groups in total. The summed E-state index contributed by atoms with van der Waals surface area (Å²) in [4.78, 5) is 25.3. The lowest BCUT2D eigenvalue weighted by Gasteiger charge is -2.08. The van der Waals surface area contributed by atoms with E-state index in [2.05, 4.69) is 31.5 Å². The minimum absolute atomic E-state index is 0.0357. The van der Waals surface area contributed by atoms with Gasteiger partial charge in [0.25, 0.3) is 0 Å². The van der Waals surface area contributed by atoms with Gasteiger partial charge in [-0.15, -0.1) is 21.5 Å². The molecule has 0 atom stereocenters. The number of hydrogen-bond acceptors (Lipinski definition) is 6. The monoisotopic (exact) mass is 426 g/mol. The largest absolute Gasteiger partial charge is 0.326 e. The maximum atomic E-state index is 12.6. The number of nitrogens with zero attached hydrogens (tertiary/aromatic N) is 3. The predicted molar refractivity (Wildman–Crippen MR) is 116 cm³/mol. The zero-order valence-corrected chi connectivity index (χ0v) is 17.8. The molecule has 29 heavy (non-hydrogen) atoms. The van der Waals surface area contributed by atoms with Gasteiger partial charge in [-0.3, -0.25) is 9.59 Å². The van der Waals surface area contributed by atoms with E-state index < -0.39 is 0 Å². The van der Waals surface area contributed by atoms with Crippen molar-refractivity contribution in [3.63, 3.8) is 0 Å². The van der Waals surface area contributed by atoms with E-state index in [0.29, 0.717) is 29.5 Å². The van der Waals surface area contributed by atoms with Gasteiger partial charge in [-0.05, 0) is 48.6 Å². The van der Waals surface area contributed by atoms with Crippen molar-refractivity contribution in [1.82, 2.24) is 14.8 Å². The number of carbonyl (C=O) groups is 2. The molecule has 0 spiro atoms. The first-order valence-corrected chi connectivity index (χ1v) is 11.5. The molecule has 0 bridgehead atoms. The van der Waals surface area contributed by atoms with Crippen molar-refractivity contribution in [2.45, 2.75) is 43.8 Å². The molecule has 0 radical (unpaired) electrons. The minimum Gasteiger partial charge on any atom is -0.326 e. The number of hydrogen-bond donors (Lipinski definition) is 1. The smallest absolute Gasteiger partial charge is 0.224 e. The molecule has 0 aliphatic heterocycles. The van der Waals surface area contributed by atoms with Gasteiger partial charge in [0.2, 0.25) is 5.91 Å². The molecule has 1 amide bonds. The molecule has 2 aromatic heterocycles. The number of anilines is 1. The number of thiophene rings is 1. The summed E-state index contributed by atoms with van der Waals surface area (Å²) in [7, 11) is 0. The van der Waals surface area contributed by atoms with Gasteiger partial charge in [-0.1, -0.05) is 24.8 Å². The number of aromatic nitrogens is 3. The fourth-order valence-electron chi connectivity index (χ4n) is 3.00. The highest BCUT2D eigenvalue weighted by molar-refractivity contribution is 7.99. The molecule has 1 aromatic carbocycles. The molecule has 3 aromatic rings. The fraction of sp³-hybridized carbons (Fsp3) is 0.333. The second-order valence-corrected chi connectivity index (χ2v) is 8.92. The SMILES string of the molecule is CCC(=O)Nc1ccc(C(=O)CSc2nnc(Cc3cccs3)n2C2CC2)cc1. The van der Waals surface area contributed by atoms with E-state index in [-0.39, 0.29) is 11.7 Å². The summed E-state index contributed by atoms with van der Waals surface area (Å²) in [6.07, 6.45) is 3.48. The molecular weight excluding hydrogens is 404 g/mol. The Bertz CT molecular complexity index is 992. The predicted octanol–water partition coefficient (Wildman–Crippen LogP) is 4.59. The van der Waals surface area contributed by atoms with Crippen LogP contribution in [0.2, 0.25) is 0 Å². The average Bonchev–Trinajstić information content (AvgIpc) is 3.29. The van der Waals surface area contributed by atoms with E-state index >= 15 is 0 Å². The van der Waals surface area contributed by atoms with Crippen LogP contribution >= 0.6 is 23.1 Å². The highest BCUT2D eigenvalue weighted by Crippen LogP contribution is 2.39. The van der Waals surface area contributed by atoms with Crippen molar-refractivity contribution < 1.29 is 9.59 Å². The van der Waals surface area contributed by atoms with E-state index in [0.717, 1.165) is 30.2 Å². The summed E-state index contributed by atoms with van der Waals surface area (Å²) in [5.74, 6) is 1.27. The summed E-state index contributed by atoms with van der Waals surface area (Å²) < 4.78 is 2.21. The molecule has 1 aliphatic carbocycles. The highest BCUT2D eigenvalue weighted by atomic mass is 32.2. The Balaban J connectivity index is 1.40. The summed E-state index contributed by atoms with van der Waals surface area (Å²) in [5, 5.41) is 14.4. The third kappa shape index (κ3) is 4.94. The molecule has 0 unspecified atom stereocenters. The van der Waals surface area contributed by atoms with Crippen LogP contribution in [0, 0.1) is 0 Å². The molecule has 0 saturated heterocycles. The van der Waals surface area contributed by atoms with Crippen LogP contribution in [0.5, 0.6) is 0 Å². The molecular formula is C21H22N4O2S2. The lowest BCUT2D eigenvalue weighted by Crippen LogP contribution is -2.10. The van der Waals surface area contributed by atoms with E-state index in [9.17, 15) is 9.59 Å². The van der Waals surface area contributed by atoms with Gasteiger partial charge in [0.1, 0.15) is 5.82 Å². The number of thioether (sulfide) groups is 1. The van der Waals surface area contributed by atoms with E-state index in [1.54, 1.807) is 42.5 Å². The second-order valence-electron chi connectivity index (χ2n) is 6.95. The molecule has 6 nitrogen and oxygen atoms in total. The van der Waals surface area contributed by atoms with Crippen molar-refractivity contribution in [2.24, 2.45) is 0 Å². The van der Waals surface area contributed by atoms with Crippen molar-refractivity contribution >= 4 is 40.5 Å². The van der Waals surface area contributed by atoms with Crippen LogP contribution in [0.1, 0.15) is 53.3 Å². The van der Waals surface area contributed by atoms with E-state index in [1.165, 1.54) is 16.6 Å². The van der Waals surface area contributed by atoms with Crippen LogP contribution in [-0.2, 0) is 11.2 Å². The zero-order valence-electron chi connectivity index (χ0n) is 16.1. The van der Waals surface area contributed by atoms with E-state index in [1.807, 2.05) is 6.07 Å². The van der Waals surface area contributed by atoms with Crippen LogP contribution < -0.4 is 5.32 Å². The van der Waals surface area contributed by atoms with Gasteiger partial charge in [-0.25, -0.2) is 0 Å². The Morgan fingerprint density at radius 1 is 1.21 bits per heavy atom. The quantitative estimate of drug-likeness (QED) is 0.400. The van der Waals surface area contributed by atoms with Crippen molar-refractivity contribution in [1.29, 1.82) is 0 Å². The van der Waals surface area contributed by atoms with Crippen molar-refractivity contribution in [3.05, 3.63) is 58.0 Å². The Labute approximate surface area is 177 Å². The van der Waals surface area contributed by atoms with Crippen LogP contribution in [0.4, 0.5) is 5.69 Å².